The van der Waals surface area contributed by atoms with Gasteiger partial charge in [0.1, 0.15) is 39.9 Å². The molecule has 0 aliphatic rings. The Labute approximate surface area is 324 Å². The maximum Gasteiger partial charge on any atom is 0.346 e. The number of ether oxygens (including phenoxy) is 2. The van der Waals surface area contributed by atoms with Crippen LogP contribution in [0.4, 0.5) is 17.1 Å². The lowest BCUT2D eigenvalue weighted by Crippen LogP contribution is -2.10. The van der Waals surface area contributed by atoms with E-state index >= 15 is 0 Å². The van der Waals surface area contributed by atoms with Gasteiger partial charge in [-0.1, -0.05) is 64.5 Å². The molecule has 3 aromatic carbocycles. The molecule has 0 bridgehead atoms. The van der Waals surface area contributed by atoms with Gasteiger partial charge in [0.15, 0.2) is 0 Å². The summed E-state index contributed by atoms with van der Waals surface area (Å²) in [6, 6.07) is 30.2. The lowest BCUT2D eigenvalue weighted by atomic mass is 10.0. The Morgan fingerprint density at radius 3 is 1.85 bits per heavy atom. The van der Waals surface area contributed by atoms with Gasteiger partial charge in [0, 0.05) is 33.7 Å². The minimum atomic E-state index is -1.26. The van der Waals surface area contributed by atoms with E-state index in [0.29, 0.717) is 29.3 Å². The van der Waals surface area contributed by atoms with E-state index in [2.05, 4.69) is 76.0 Å². The first-order valence-corrected chi connectivity index (χ1v) is 20.0. The number of rotatable bonds is 19. The summed E-state index contributed by atoms with van der Waals surface area (Å²) in [7, 11) is 0. The van der Waals surface area contributed by atoms with Crippen LogP contribution in [0.3, 0.4) is 0 Å². The van der Waals surface area contributed by atoms with Crippen LogP contribution in [0.5, 0.6) is 11.5 Å². The molecule has 3 aromatic heterocycles. The van der Waals surface area contributed by atoms with Crippen LogP contribution in [0, 0.1) is 11.3 Å². The second-order valence-corrected chi connectivity index (χ2v) is 14.5. The van der Waals surface area contributed by atoms with Gasteiger partial charge in [-0.15, -0.1) is 11.3 Å². The number of carboxylic acid groups (broad SMARTS) is 1. The summed E-state index contributed by atoms with van der Waals surface area (Å²) >= 11 is 2.46. The lowest BCUT2D eigenvalue weighted by molar-refractivity contribution is -0.132. The number of thiophene rings is 1. The third kappa shape index (κ3) is 9.50. The summed E-state index contributed by atoms with van der Waals surface area (Å²) in [5.74, 6) is 0.454. The van der Waals surface area contributed by atoms with E-state index in [1.165, 1.54) is 55.9 Å². The minimum Gasteiger partial charge on any atom is -0.494 e. The van der Waals surface area contributed by atoms with E-state index in [-0.39, 0.29) is 5.57 Å². The molecule has 0 aliphatic heterocycles. The standard InChI is InChI=1S/C43H43N5O4S2/c1-3-5-7-9-25-51-35-19-15-33(16-20-35)48(34-17-21-36(22-18-34)52-26-10-8-6-4-2)32-13-11-30(12-14-32)38-29-45-41(42-40(38)46-54-47-42)39-24-23-37(53-39)27-31(28-44)43(49)50/h11-24,27,29H,3-10,25-26H2,1-2H3,(H,49,50)/b31-27+. The van der Waals surface area contributed by atoms with Crippen molar-refractivity contribution in [2.45, 2.75) is 65.2 Å². The first-order valence-electron chi connectivity index (χ1n) is 18.4. The molecule has 54 heavy (non-hydrogen) atoms. The highest BCUT2D eigenvalue weighted by Crippen LogP contribution is 2.39. The van der Waals surface area contributed by atoms with Crippen molar-refractivity contribution in [1.29, 1.82) is 5.26 Å². The summed E-state index contributed by atoms with van der Waals surface area (Å²) in [6.07, 6.45) is 12.5. The molecular formula is C43H43N5O4S2. The molecule has 0 atom stereocenters. The normalized spacial score (nSPS) is 11.4. The zero-order valence-electron chi connectivity index (χ0n) is 30.5. The topological polar surface area (TPSA) is 121 Å². The van der Waals surface area contributed by atoms with E-state index in [0.717, 1.165) is 74.7 Å². The maximum absolute atomic E-state index is 11.3. The summed E-state index contributed by atoms with van der Waals surface area (Å²) in [4.78, 5) is 19.8. The lowest BCUT2D eigenvalue weighted by Gasteiger charge is -2.26. The van der Waals surface area contributed by atoms with Gasteiger partial charge in [0.2, 0.25) is 0 Å². The average Bonchev–Trinajstić information content (AvgIpc) is 3.89. The SMILES string of the molecule is CCCCCCOc1ccc(N(c2ccc(OCCCCCC)cc2)c2ccc(-c3cnc(-c4ccc(/C=C(\C#N)C(=O)O)s4)c4nsnc34)cc2)cc1. The number of aromatic nitrogens is 3. The van der Waals surface area contributed by atoms with Gasteiger partial charge in [-0.2, -0.15) is 14.0 Å². The van der Waals surface area contributed by atoms with Crippen molar-refractivity contribution >= 4 is 63.2 Å². The molecule has 0 radical (unpaired) electrons. The maximum atomic E-state index is 11.3. The van der Waals surface area contributed by atoms with E-state index < -0.39 is 5.97 Å². The predicted octanol–water partition coefficient (Wildman–Crippen LogP) is 11.9. The Hall–Kier alpha value is -5.57. The number of nitriles is 1. The van der Waals surface area contributed by atoms with Gasteiger partial charge in [-0.3, -0.25) is 4.98 Å². The molecule has 1 N–H and O–H groups in total. The van der Waals surface area contributed by atoms with Gasteiger partial charge in [-0.05, 0) is 97.3 Å². The van der Waals surface area contributed by atoms with Gasteiger partial charge < -0.3 is 19.5 Å². The number of nitrogens with zero attached hydrogens (tertiary/aromatic N) is 5. The smallest absolute Gasteiger partial charge is 0.346 e. The number of hydrogen-bond acceptors (Lipinski definition) is 10. The van der Waals surface area contributed by atoms with Gasteiger partial charge in [0.05, 0.1) is 29.8 Å². The monoisotopic (exact) mass is 757 g/mol. The molecule has 6 rings (SSSR count). The zero-order valence-corrected chi connectivity index (χ0v) is 32.2. The van der Waals surface area contributed by atoms with Crippen LogP contribution in [-0.2, 0) is 4.79 Å². The number of fused-ring (bicyclic) bond motifs is 1. The molecule has 11 heteroatoms. The summed E-state index contributed by atoms with van der Waals surface area (Å²) in [5, 5.41) is 18.4. The Bertz CT molecular complexity index is 2150. The van der Waals surface area contributed by atoms with Crippen LogP contribution < -0.4 is 14.4 Å². The van der Waals surface area contributed by atoms with E-state index in [9.17, 15) is 15.2 Å². The van der Waals surface area contributed by atoms with E-state index in [1.807, 2.05) is 30.3 Å². The second-order valence-electron chi connectivity index (χ2n) is 12.8. The molecule has 0 amide bonds. The van der Waals surface area contributed by atoms with Crippen molar-refractivity contribution in [3.8, 4) is 39.3 Å². The van der Waals surface area contributed by atoms with Crippen molar-refractivity contribution in [3.05, 3.63) is 102 Å². The average molecular weight is 758 g/mol. The van der Waals surface area contributed by atoms with Crippen LogP contribution in [0.25, 0.3) is 38.8 Å². The van der Waals surface area contributed by atoms with Crippen molar-refractivity contribution in [2.75, 3.05) is 18.1 Å². The molecule has 0 saturated heterocycles. The quantitative estimate of drug-likeness (QED) is 0.0489. The van der Waals surface area contributed by atoms with Crippen LogP contribution >= 0.6 is 23.1 Å². The fourth-order valence-electron chi connectivity index (χ4n) is 6.06. The van der Waals surface area contributed by atoms with Crippen molar-refractivity contribution in [1.82, 2.24) is 13.7 Å². The number of unbranched alkanes of at least 4 members (excludes halogenated alkanes) is 6. The number of aliphatic carboxylic acids is 1. The van der Waals surface area contributed by atoms with Crippen LogP contribution in [-0.4, -0.2) is 38.0 Å². The predicted molar refractivity (Wildman–Crippen MR) is 219 cm³/mol. The molecule has 0 spiro atoms. The molecular weight excluding hydrogens is 715 g/mol. The first kappa shape index (κ1) is 38.2. The van der Waals surface area contributed by atoms with Crippen LogP contribution in [0.15, 0.2) is 96.7 Å². The number of benzene rings is 3. The second kappa shape index (κ2) is 19.0. The summed E-state index contributed by atoms with van der Waals surface area (Å²) in [5.41, 5.74) is 6.52. The zero-order chi connectivity index (χ0) is 37.7. The molecule has 0 fully saturated rings. The molecule has 0 unspecified atom stereocenters. The fraction of sp³-hybridized carbons (Fsp3) is 0.279. The number of carboxylic acids is 1. The van der Waals surface area contributed by atoms with Crippen LogP contribution in [0.2, 0.25) is 0 Å². The molecule has 0 saturated carbocycles. The molecule has 3 heterocycles. The molecule has 0 aliphatic carbocycles. The Kier molecular flexibility index (Phi) is 13.4. The molecule has 6 aromatic rings. The largest absolute Gasteiger partial charge is 0.494 e. The Balaban J connectivity index is 1.26. The molecule has 276 valence electrons. The summed E-state index contributed by atoms with van der Waals surface area (Å²) < 4.78 is 21.3. The van der Waals surface area contributed by atoms with Crippen molar-refractivity contribution < 1.29 is 19.4 Å². The Morgan fingerprint density at radius 1 is 0.759 bits per heavy atom. The summed E-state index contributed by atoms with van der Waals surface area (Å²) in [6.45, 7) is 5.85. The van der Waals surface area contributed by atoms with Gasteiger partial charge in [0.25, 0.3) is 0 Å². The number of pyridine rings is 1. The van der Waals surface area contributed by atoms with Crippen molar-refractivity contribution in [2.24, 2.45) is 0 Å². The van der Waals surface area contributed by atoms with Crippen molar-refractivity contribution in [3.63, 3.8) is 0 Å². The third-order valence-corrected chi connectivity index (χ3v) is 10.5. The molecule has 9 nitrogen and oxygen atoms in total. The minimum absolute atomic E-state index is 0.326. The van der Waals surface area contributed by atoms with E-state index in [4.69, 9.17) is 14.5 Å². The highest BCUT2D eigenvalue weighted by Gasteiger charge is 2.18. The first-order chi connectivity index (χ1) is 26.5. The number of anilines is 3. The number of hydrogen-bond donors (Lipinski definition) is 1. The third-order valence-electron chi connectivity index (χ3n) is 8.95. The van der Waals surface area contributed by atoms with Gasteiger partial charge >= 0.3 is 5.97 Å². The highest BCUT2D eigenvalue weighted by molar-refractivity contribution is 7.16. The Morgan fingerprint density at radius 2 is 1.31 bits per heavy atom. The van der Waals surface area contributed by atoms with Gasteiger partial charge in [-0.25, -0.2) is 4.79 Å². The number of carbonyl (C=O) groups is 1. The fourth-order valence-corrected chi connectivity index (χ4v) is 7.57. The van der Waals surface area contributed by atoms with E-state index in [1.54, 1.807) is 18.3 Å². The van der Waals surface area contributed by atoms with Crippen LogP contribution in [0.1, 0.15) is 70.1 Å². The highest BCUT2D eigenvalue weighted by atomic mass is 32.1.